The van der Waals surface area contributed by atoms with Crippen molar-refractivity contribution in [2.75, 3.05) is 18.4 Å². The van der Waals surface area contributed by atoms with Crippen LogP contribution in [0.1, 0.15) is 32.3 Å². The monoisotopic (exact) mass is 382 g/mol. The molecule has 0 bridgehead atoms. The molecule has 0 radical (unpaired) electrons. The minimum absolute atomic E-state index is 0.284. The molecule has 0 amide bonds. The number of nitrogens with zero attached hydrogens (tertiary/aromatic N) is 3. The summed E-state index contributed by atoms with van der Waals surface area (Å²) >= 11 is 1.62. The van der Waals surface area contributed by atoms with Crippen LogP contribution in [0.25, 0.3) is 21.3 Å². The van der Waals surface area contributed by atoms with E-state index >= 15 is 0 Å². The Morgan fingerprint density at radius 1 is 1.26 bits per heavy atom. The molecule has 0 saturated carbocycles. The quantitative estimate of drug-likeness (QED) is 0.687. The Hall–Kier alpha value is -2.18. The van der Waals surface area contributed by atoms with Gasteiger partial charge in [0, 0.05) is 34.3 Å². The molecule has 3 aromatic rings. The first kappa shape index (κ1) is 18.2. The molecule has 0 unspecified atom stereocenters. The number of piperidine rings is 1. The lowest BCUT2D eigenvalue weighted by Crippen LogP contribution is -2.45. The number of aryl methyl sites for hydroxylation is 1. The number of fused-ring (bicyclic) bond motifs is 1. The van der Waals surface area contributed by atoms with E-state index in [1.54, 1.807) is 11.3 Å². The van der Waals surface area contributed by atoms with Crippen LogP contribution >= 0.6 is 11.3 Å². The fourth-order valence-electron chi connectivity index (χ4n) is 3.84. The molecule has 1 aromatic carbocycles. The molecule has 6 heteroatoms. The first-order valence-corrected chi connectivity index (χ1v) is 10.5. The maximum atomic E-state index is 10.6. The van der Waals surface area contributed by atoms with E-state index in [1.807, 2.05) is 36.6 Å². The number of aromatic hydroxyl groups is 1. The predicted molar refractivity (Wildman–Crippen MR) is 113 cm³/mol. The van der Waals surface area contributed by atoms with Gasteiger partial charge in [-0.25, -0.2) is 0 Å². The Balaban J connectivity index is 1.56. The lowest BCUT2D eigenvalue weighted by Gasteiger charge is -2.35. The molecule has 1 aliphatic heterocycles. The van der Waals surface area contributed by atoms with Gasteiger partial charge in [0.05, 0.1) is 5.69 Å². The molecular weight excluding hydrogens is 356 g/mol. The number of anilines is 1. The second-order valence-corrected chi connectivity index (χ2v) is 8.58. The van der Waals surface area contributed by atoms with E-state index in [9.17, 15) is 5.11 Å². The maximum absolute atomic E-state index is 10.6. The summed E-state index contributed by atoms with van der Waals surface area (Å²) in [6.45, 7) is 8.73. The molecule has 2 aromatic heterocycles. The summed E-state index contributed by atoms with van der Waals surface area (Å²) in [5.74, 6) is 1.09. The van der Waals surface area contributed by atoms with Crippen molar-refractivity contribution in [3.63, 3.8) is 0 Å². The first-order valence-electron chi connectivity index (χ1n) is 9.57. The summed E-state index contributed by atoms with van der Waals surface area (Å²) in [6.07, 6.45) is 2.36. The van der Waals surface area contributed by atoms with E-state index in [-0.39, 0.29) is 5.75 Å². The van der Waals surface area contributed by atoms with Gasteiger partial charge in [-0.05, 0) is 75.4 Å². The summed E-state index contributed by atoms with van der Waals surface area (Å²) in [7, 11) is 0. The molecule has 1 aliphatic rings. The molecule has 0 aliphatic carbocycles. The van der Waals surface area contributed by atoms with Crippen LogP contribution in [0.15, 0.2) is 29.6 Å². The molecule has 5 nitrogen and oxygen atoms in total. The predicted octanol–water partition coefficient (Wildman–Crippen LogP) is 4.66. The third-order valence-electron chi connectivity index (χ3n) is 5.38. The molecule has 1 fully saturated rings. The van der Waals surface area contributed by atoms with Crippen molar-refractivity contribution < 1.29 is 5.11 Å². The Morgan fingerprint density at radius 2 is 2.11 bits per heavy atom. The number of nitrogens with one attached hydrogen (secondary N) is 1. The number of hydrogen-bond donors (Lipinski definition) is 2. The Labute approximate surface area is 164 Å². The standard InChI is InChI=1S/C21H26N4OS/c1-13(2)25-9-4-5-15(12-25)22-19-11-14(3)20(24-23-19)17-6-7-18-16(21(17)26)8-10-27-18/h6-8,10-11,13,15,26H,4-5,9,12H2,1-3H3,(H,22,23)/t15-/m0/s1. The van der Waals surface area contributed by atoms with E-state index in [4.69, 9.17) is 0 Å². The highest BCUT2D eigenvalue weighted by Gasteiger charge is 2.22. The molecule has 1 saturated heterocycles. The van der Waals surface area contributed by atoms with E-state index < -0.39 is 0 Å². The van der Waals surface area contributed by atoms with E-state index in [1.165, 1.54) is 13.0 Å². The second kappa shape index (κ2) is 7.44. The van der Waals surface area contributed by atoms with Crippen molar-refractivity contribution in [1.82, 2.24) is 15.1 Å². The molecule has 1 atom stereocenters. The number of phenols is 1. The number of thiophene rings is 1. The minimum atomic E-state index is 0.284. The molecule has 142 valence electrons. The lowest BCUT2D eigenvalue weighted by atomic mass is 10.0. The fraction of sp³-hybridized carbons (Fsp3) is 0.429. The molecule has 3 heterocycles. The van der Waals surface area contributed by atoms with Crippen LogP contribution in [-0.2, 0) is 0 Å². The zero-order valence-corrected chi connectivity index (χ0v) is 16.9. The average Bonchev–Trinajstić information content (AvgIpc) is 3.13. The van der Waals surface area contributed by atoms with Crippen molar-refractivity contribution in [1.29, 1.82) is 0 Å². The Kier molecular flexibility index (Phi) is 5.02. The number of aromatic nitrogens is 2. The van der Waals surface area contributed by atoms with Gasteiger partial charge >= 0.3 is 0 Å². The van der Waals surface area contributed by atoms with E-state index in [0.717, 1.165) is 45.7 Å². The van der Waals surface area contributed by atoms with Gasteiger partial charge in [-0.15, -0.1) is 21.5 Å². The van der Waals surface area contributed by atoms with Gasteiger partial charge < -0.3 is 10.4 Å². The van der Waals surface area contributed by atoms with Crippen LogP contribution in [-0.4, -0.2) is 45.4 Å². The van der Waals surface area contributed by atoms with Gasteiger partial charge in [0.25, 0.3) is 0 Å². The van der Waals surface area contributed by atoms with Gasteiger partial charge in [0.1, 0.15) is 11.6 Å². The van der Waals surface area contributed by atoms with Gasteiger partial charge in [-0.3, -0.25) is 4.90 Å². The van der Waals surface area contributed by atoms with Gasteiger partial charge in [0.15, 0.2) is 0 Å². The molecule has 2 N–H and O–H groups in total. The largest absolute Gasteiger partial charge is 0.507 e. The molecule has 27 heavy (non-hydrogen) atoms. The third kappa shape index (κ3) is 3.64. The smallest absolute Gasteiger partial charge is 0.149 e. The number of benzene rings is 1. The summed E-state index contributed by atoms with van der Waals surface area (Å²) in [4.78, 5) is 2.50. The van der Waals surface area contributed by atoms with Crippen molar-refractivity contribution in [2.45, 2.75) is 45.7 Å². The highest BCUT2D eigenvalue weighted by molar-refractivity contribution is 7.17. The second-order valence-electron chi connectivity index (χ2n) is 7.63. The van der Waals surface area contributed by atoms with Crippen molar-refractivity contribution >= 4 is 27.2 Å². The van der Waals surface area contributed by atoms with Crippen molar-refractivity contribution in [3.05, 3.63) is 35.2 Å². The van der Waals surface area contributed by atoms with Crippen LogP contribution in [0.2, 0.25) is 0 Å². The van der Waals surface area contributed by atoms with Gasteiger partial charge in [-0.2, -0.15) is 0 Å². The van der Waals surface area contributed by atoms with Crippen LogP contribution < -0.4 is 5.32 Å². The summed E-state index contributed by atoms with van der Waals surface area (Å²) in [5, 5.41) is 25.9. The SMILES string of the molecule is Cc1cc(N[C@H]2CCCN(C(C)C)C2)nnc1-c1ccc2sccc2c1O. The van der Waals surface area contributed by atoms with Crippen LogP contribution in [0.3, 0.4) is 0 Å². The molecule has 4 rings (SSSR count). The Morgan fingerprint density at radius 3 is 2.89 bits per heavy atom. The normalized spacial score (nSPS) is 18.3. The number of likely N-dealkylation sites (tertiary alicyclic amines) is 1. The van der Waals surface area contributed by atoms with Crippen molar-refractivity contribution in [2.24, 2.45) is 0 Å². The highest BCUT2D eigenvalue weighted by Crippen LogP contribution is 2.38. The van der Waals surface area contributed by atoms with Crippen LogP contribution in [0.4, 0.5) is 5.82 Å². The number of hydrogen-bond acceptors (Lipinski definition) is 6. The summed E-state index contributed by atoms with van der Waals surface area (Å²) in [6, 6.07) is 8.91. The van der Waals surface area contributed by atoms with Crippen molar-refractivity contribution in [3.8, 4) is 17.0 Å². The number of rotatable bonds is 4. The number of phenolic OH excluding ortho intramolecular Hbond substituents is 1. The van der Waals surface area contributed by atoms with Crippen LogP contribution in [0.5, 0.6) is 5.75 Å². The fourth-order valence-corrected chi connectivity index (χ4v) is 4.63. The average molecular weight is 383 g/mol. The summed E-state index contributed by atoms with van der Waals surface area (Å²) in [5.41, 5.74) is 2.48. The van der Waals surface area contributed by atoms with E-state index in [0.29, 0.717) is 12.1 Å². The highest BCUT2D eigenvalue weighted by atomic mass is 32.1. The zero-order chi connectivity index (χ0) is 19.0. The molecular formula is C21H26N4OS. The van der Waals surface area contributed by atoms with Gasteiger partial charge in [0.2, 0.25) is 0 Å². The summed E-state index contributed by atoms with van der Waals surface area (Å²) < 4.78 is 1.08. The third-order valence-corrected chi connectivity index (χ3v) is 6.26. The maximum Gasteiger partial charge on any atom is 0.149 e. The molecule has 0 spiro atoms. The zero-order valence-electron chi connectivity index (χ0n) is 16.1. The first-order chi connectivity index (χ1) is 13.0. The lowest BCUT2D eigenvalue weighted by molar-refractivity contribution is 0.174. The van der Waals surface area contributed by atoms with Crippen LogP contribution in [0, 0.1) is 6.92 Å². The van der Waals surface area contributed by atoms with E-state index in [2.05, 4.69) is 34.3 Å². The van der Waals surface area contributed by atoms with Gasteiger partial charge in [-0.1, -0.05) is 0 Å². The minimum Gasteiger partial charge on any atom is -0.507 e. The topological polar surface area (TPSA) is 61.3 Å². The Bertz CT molecular complexity index is 953.